The molecule has 0 saturated carbocycles. The van der Waals surface area contributed by atoms with E-state index in [2.05, 4.69) is 45.9 Å². The molecule has 6 heteroatoms. The molecule has 2 N–H and O–H groups in total. The van der Waals surface area contributed by atoms with Crippen molar-refractivity contribution in [3.8, 4) is 0 Å². The average molecular weight is 369 g/mol. The predicted molar refractivity (Wildman–Crippen MR) is 105 cm³/mol. The van der Waals surface area contributed by atoms with Crippen LogP contribution in [-0.4, -0.2) is 49.2 Å². The third kappa shape index (κ3) is 4.57. The molecule has 0 fully saturated rings. The molecule has 0 saturated heterocycles. The number of benzene rings is 1. The molecule has 1 aromatic rings. The van der Waals surface area contributed by atoms with Gasteiger partial charge in [-0.1, -0.05) is 43.3 Å². The molecule has 27 heavy (non-hydrogen) atoms. The predicted octanol–water partition coefficient (Wildman–Crippen LogP) is 2.68. The van der Waals surface area contributed by atoms with Crippen molar-refractivity contribution >= 4 is 17.6 Å². The first-order chi connectivity index (χ1) is 13.1. The molecule has 6 nitrogen and oxygen atoms in total. The standard InChI is InChI=1S/C21H27N3O3/c1-3-17-19(20(25)27-4-2)18(23-21(26)22-17)14-24-12-10-16(11-13-24)15-8-6-5-7-9-15/h5-10,17H,3-4,11-14H2,1-2H3,(H2,22,23,26)/t17-/m0/s1. The minimum absolute atomic E-state index is 0.262. The third-order valence-electron chi connectivity index (χ3n) is 4.97. The molecule has 2 amide bonds. The summed E-state index contributed by atoms with van der Waals surface area (Å²) in [6.07, 6.45) is 3.81. The van der Waals surface area contributed by atoms with Gasteiger partial charge >= 0.3 is 12.0 Å². The monoisotopic (exact) mass is 369 g/mol. The first kappa shape index (κ1) is 19.2. The summed E-state index contributed by atoms with van der Waals surface area (Å²) in [6, 6.07) is 9.80. The maximum absolute atomic E-state index is 12.5. The number of nitrogens with zero attached hydrogens (tertiary/aromatic N) is 1. The van der Waals surface area contributed by atoms with Crippen molar-refractivity contribution in [2.24, 2.45) is 0 Å². The van der Waals surface area contributed by atoms with Gasteiger partial charge in [0.1, 0.15) is 0 Å². The highest BCUT2D eigenvalue weighted by atomic mass is 16.5. The van der Waals surface area contributed by atoms with E-state index >= 15 is 0 Å². The van der Waals surface area contributed by atoms with Crippen LogP contribution in [0.2, 0.25) is 0 Å². The molecular weight excluding hydrogens is 342 g/mol. The zero-order valence-electron chi connectivity index (χ0n) is 16.0. The van der Waals surface area contributed by atoms with Crippen LogP contribution in [0.15, 0.2) is 47.7 Å². The molecule has 0 spiro atoms. The zero-order chi connectivity index (χ0) is 19.2. The Hall–Kier alpha value is -2.60. The van der Waals surface area contributed by atoms with Crippen LogP contribution in [0.5, 0.6) is 0 Å². The molecule has 3 rings (SSSR count). The lowest BCUT2D eigenvalue weighted by atomic mass is 9.98. The van der Waals surface area contributed by atoms with Gasteiger partial charge in [0, 0.05) is 25.3 Å². The van der Waals surface area contributed by atoms with Gasteiger partial charge in [-0.2, -0.15) is 0 Å². The van der Waals surface area contributed by atoms with Crippen LogP contribution in [0.3, 0.4) is 0 Å². The fraction of sp³-hybridized carbons (Fsp3) is 0.429. The molecule has 2 heterocycles. The topological polar surface area (TPSA) is 70.7 Å². The fourth-order valence-corrected chi connectivity index (χ4v) is 3.58. The van der Waals surface area contributed by atoms with Gasteiger partial charge in [-0.15, -0.1) is 0 Å². The molecule has 144 valence electrons. The van der Waals surface area contributed by atoms with Crippen molar-refractivity contribution in [3.05, 3.63) is 53.2 Å². The second kappa shape index (κ2) is 8.86. The molecule has 2 aliphatic rings. The normalized spacial score (nSPS) is 20.6. The van der Waals surface area contributed by atoms with Crippen molar-refractivity contribution < 1.29 is 14.3 Å². The Balaban J connectivity index is 1.76. The number of carbonyl (C=O) groups excluding carboxylic acids is 2. The molecular formula is C21H27N3O3. The second-order valence-electron chi connectivity index (χ2n) is 6.75. The van der Waals surface area contributed by atoms with Gasteiger partial charge in [0.05, 0.1) is 18.2 Å². The van der Waals surface area contributed by atoms with Crippen LogP contribution in [0.25, 0.3) is 5.57 Å². The van der Waals surface area contributed by atoms with E-state index in [0.29, 0.717) is 30.8 Å². The number of nitrogens with one attached hydrogen (secondary N) is 2. The number of ether oxygens (including phenoxy) is 1. The number of esters is 1. The van der Waals surface area contributed by atoms with Crippen LogP contribution >= 0.6 is 0 Å². The molecule has 0 aromatic heterocycles. The van der Waals surface area contributed by atoms with Crippen molar-refractivity contribution in [1.82, 2.24) is 15.5 Å². The SMILES string of the molecule is CCOC(=O)C1=C(CN2CC=C(c3ccccc3)CC2)NC(=O)N[C@H]1CC. The van der Waals surface area contributed by atoms with Gasteiger partial charge in [-0.25, -0.2) is 9.59 Å². The molecule has 1 aromatic carbocycles. The maximum Gasteiger partial charge on any atom is 0.337 e. The molecule has 0 unspecified atom stereocenters. The summed E-state index contributed by atoms with van der Waals surface area (Å²) in [5.74, 6) is -0.357. The molecule has 0 radical (unpaired) electrons. The fourth-order valence-electron chi connectivity index (χ4n) is 3.58. The number of amides is 2. The van der Waals surface area contributed by atoms with Gasteiger partial charge in [0.15, 0.2) is 0 Å². The van der Waals surface area contributed by atoms with Gasteiger partial charge < -0.3 is 15.4 Å². The van der Waals surface area contributed by atoms with Crippen LogP contribution in [-0.2, 0) is 9.53 Å². The average Bonchev–Trinajstić information content (AvgIpc) is 2.69. The smallest absolute Gasteiger partial charge is 0.337 e. The number of rotatable bonds is 6. The highest BCUT2D eigenvalue weighted by Crippen LogP contribution is 2.24. The van der Waals surface area contributed by atoms with E-state index in [1.165, 1.54) is 11.1 Å². The lowest BCUT2D eigenvalue weighted by molar-refractivity contribution is -0.139. The Labute approximate surface area is 160 Å². The Morgan fingerprint density at radius 2 is 2.04 bits per heavy atom. The van der Waals surface area contributed by atoms with Crippen LogP contribution < -0.4 is 10.6 Å². The lowest BCUT2D eigenvalue weighted by Gasteiger charge is -2.32. The summed E-state index contributed by atoms with van der Waals surface area (Å²) in [7, 11) is 0. The third-order valence-corrected chi connectivity index (χ3v) is 4.97. The van der Waals surface area contributed by atoms with Crippen LogP contribution in [0.4, 0.5) is 4.79 Å². The number of urea groups is 1. The Morgan fingerprint density at radius 1 is 1.26 bits per heavy atom. The Kier molecular flexibility index (Phi) is 6.29. The number of hydrogen-bond acceptors (Lipinski definition) is 4. The number of carbonyl (C=O) groups is 2. The van der Waals surface area contributed by atoms with Gasteiger partial charge in [0.2, 0.25) is 0 Å². The highest BCUT2D eigenvalue weighted by molar-refractivity contribution is 5.94. The quantitative estimate of drug-likeness (QED) is 0.757. The van der Waals surface area contributed by atoms with Gasteiger partial charge in [-0.3, -0.25) is 4.90 Å². The minimum atomic E-state index is -0.357. The summed E-state index contributed by atoms with van der Waals surface area (Å²) in [6.45, 7) is 6.23. The number of hydrogen-bond donors (Lipinski definition) is 2. The molecule has 0 bridgehead atoms. The van der Waals surface area contributed by atoms with Crippen molar-refractivity contribution in [2.45, 2.75) is 32.7 Å². The van der Waals surface area contributed by atoms with E-state index in [9.17, 15) is 9.59 Å². The second-order valence-corrected chi connectivity index (χ2v) is 6.75. The van der Waals surface area contributed by atoms with Crippen LogP contribution in [0.1, 0.15) is 32.3 Å². The van der Waals surface area contributed by atoms with Crippen LogP contribution in [0, 0.1) is 0 Å². The minimum Gasteiger partial charge on any atom is -0.463 e. The maximum atomic E-state index is 12.5. The van der Waals surface area contributed by atoms with Gasteiger partial charge in [0.25, 0.3) is 0 Å². The first-order valence-corrected chi connectivity index (χ1v) is 9.56. The van der Waals surface area contributed by atoms with Crippen molar-refractivity contribution in [2.75, 3.05) is 26.2 Å². The zero-order valence-corrected chi connectivity index (χ0v) is 16.0. The van der Waals surface area contributed by atoms with Crippen molar-refractivity contribution in [3.63, 3.8) is 0 Å². The summed E-state index contributed by atoms with van der Waals surface area (Å²) >= 11 is 0. The van der Waals surface area contributed by atoms with E-state index in [1.807, 2.05) is 13.0 Å². The summed E-state index contributed by atoms with van der Waals surface area (Å²) in [5, 5.41) is 5.64. The van der Waals surface area contributed by atoms with E-state index in [1.54, 1.807) is 6.92 Å². The van der Waals surface area contributed by atoms with E-state index in [-0.39, 0.29) is 18.0 Å². The highest BCUT2D eigenvalue weighted by Gasteiger charge is 2.32. The summed E-state index contributed by atoms with van der Waals surface area (Å²) in [5.41, 5.74) is 3.79. The van der Waals surface area contributed by atoms with Gasteiger partial charge in [-0.05, 0) is 30.9 Å². The van der Waals surface area contributed by atoms with Crippen molar-refractivity contribution in [1.29, 1.82) is 0 Å². The summed E-state index contributed by atoms with van der Waals surface area (Å²) < 4.78 is 5.22. The Morgan fingerprint density at radius 3 is 2.67 bits per heavy atom. The largest absolute Gasteiger partial charge is 0.463 e. The van der Waals surface area contributed by atoms with E-state index in [4.69, 9.17) is 4.74 Å². The van der Waals surface area contributed by atoms with E-state index < -0.39 is 0 Å². The molecule has 1 atom stereocenters. The lowest BCUT2D eigenvalue weighted by Crippen LogP contribution is -2.52. The van der Waals surface area contributed by atoms with E-state index in [0.717, 1.165) is 19.5 Å². The Bertz CT molecular complexity index is 755. The first-order valence-electron chi connectivity index (χ1n) is 9.56. The molecule has 2 aliphatic heterocycles. The summed E-state index contributed by atoms with van der Waals surface area (Å²) in [4.78, 5) is 26.7. The molecule has 0 aliphatic carbocycles.